The van der Waals surface area contributed by atoms with Gasteiger partial charge in [-0.1, -0.05) is 57.1 Å². The van der Waals surface area contributed by atoms with Crippen LogP contribution in [0.15, 0.2) is 24.3 Å². The molecule has 0 unspecified atom stereocenters. The molecule has 5 heteroatoms. The van der Waals surface area contributed by atoms with Gasteiger partial charge < -0.3 is 15.9 Å². The van der Waals surface area contributed by atoms with Gasteiger partial charge in [-0.15, -0.1) is 0 Å². The van der Waals surface area contributed by atoms with Crippen molar-refractivity contribution in [2.24, 2.45) is 5.92 Å². The summed E-state index contributed by atoms with van der Waals surface area (Å²) in [4.78, 5) is 13.5. The van der Waals surface area contributed by atoms with E-state index in [1.165, 1.54) is 49.8 Å². The van der Waals surface area contributed by atoms with Gasteiger partial charge in [0.15, 0.2) is 0 Å². The van der Waals surface area contributed by atoms with E-state index in [4.69, 9.17) is 0 Å². The Labute approximate surface area is 140 Å². The molecule has 0 bridgehead atoms. The summed E-state index contributed by atoms with van der Waals surface area (Å²) in [6.07, 6.45) is 10.5. The highest BCUT2D eigenvalue weighted by Gasteiger charge is 2.14. The Bertz CT molecular complexity index is 479. The number of hydrogen-bond acceptors (Lipinski definition) is 2. The number of hydrogen-bond donors (Lipinski definition) is 2. The second-order valence-electron chi connectivity index (χ2n) is 6.28. The molecule has 2 rings (SSSR count). The summed E-state index contributed by atoms with van der Waals surface area (Å²) in [5.74, 6) is 1.03. The molecule has 2 amide bonds. The molecule has 5 nitrogen and oxygen atoms in total. The molecule has 1 aromatic carbocycles. The van der Waals surface area contributed by atoms with Gasteiger partial charge in [0.1, 0.15) is 5.75 Å². The largest absolute Gasteiger partial charge is 0.506 e. The molecular formula is C18H32N2O3. The summed E-state index contributed by atoms with van der Waals surface area (Å²) >= 11 is 0. The number of anilines is 1. The molecule has 0 heterocycles. The number of nitrogens with zero attached hydrogens (tertiary/aromatic N) is 1. The summed E-state index contributed by atoms with van der Waals surface area (Å²) < 4.78 is 0. The van der Waals surface area contributed by atoms with Crippen LogP contribution in [0.1, 0.15) is 52.8 Å². The fourth-order valence-corrected chi connectivity index (χ4v) is 3.20. The van der Waals surface area contributed by atoms with E-state index in [-0.39, 0.29) is 18.7 Å². The Morgan fingerprint density at radius 1 is 1.26 bits per heavy atom. The summed E-state index contributed by atoms with van der Waals surface area (Å²) in [7, 11) is 1.67. The van der Waals surface area contributed by atoms with Crippen molar-refractivity contribution in [2.45, 2.75) is 51.4 Å². The van der Waals surface area contributed by atoms with Gasteiger partial charge in [0.05, 0.1) is 5.69 Å². The number of phenols is 1. The smallest absolute Gasteiger partial charge is 0.321 e. The van der Waals surface area contributed by atoms with E-state index in [2.05, 4.69) is 5.32 Å². The molecule has 0 saturated heterocycles. The van der Waals surface area contributed by atoms with Gasteiger partial charge in [-0.3, -0.25) is 4.90 Å². The Kier molecular flexibility index (Phi) is 8.48. The first-order chi connectivity index (χ1) is 10.7. The zero-order chi connectivity index (χ0) is 15.8. The number of amides is 2. The molecule has 1 saturated carbocycles. The van der Waals surface area contributed by atoms with Crippen LogP contribution in [0.2, 0.25) is 0 Å². The zero-order valence-corrected chi connectivity index (χ0v) is 14.1. The summed E-state index contributed by atoms with van der Waals surface area (Å²) in [6.45, 7) is 0.698. The van der Waals surface area contributed by atoms with Crippen molar-refractivity contribution < 1.29 is 16.8 Å². The predicted octanol–water partition coefficient (Wildman–Crippen LogP) is 3.71. The van der Waals surface area contributed by atoms with E-state index in [0.717, 1.165) is 12.3 Å². The Balaban J connectivity index is 0.00000264. The van der Waals surface area contributed by atoms with Gasteiger partial charge in [0.25, 0.3) is 0 Å². The van der Waals surface area contributed by atoms with Crippen LogP contribution in [-0.4, -0.2) is 30.2 Å². The lowest BCUT2D eigenvalue weighted by molar-refractivity contribution is 0.247. The monoisotopic (exact) mass is 324 g/mol. The number of para-hydroxylation sites is 2. The molecule has 132 valence electrons. The van der Waals surface area contributed by atoms with Crippen molar-refractivity contribution in [3.05, 3.63) is 24.3 Å². The van der Waals surface area contributed by atoms with Gasteiger partial charge in [-0.05, 0) is 24.5 Å². The lowest BCUT2D eigenvalue weighted by atomic mass is 9.86. The molecule has 23 heavy (non-hydrogen) atoms. The molecule has 1 aliphatic rings. The SMILES string of the molecule is CN(C(=O)NCCCCC1CCCCC1)c1ccccc1O.O.[HH]. The molecule has 0 radical (unpaired) electrons. The minimum atomic E-state index is -0.167. The summed E-state index contributed by atoms with van der Waals surface area (Å²) in [5, 5.41) is 12.7. The van der Waals surface area contributed by atoms with Crippen LogP contribution in [-0.2, 0) is 0 Å². The number of carbonyl (C=O) groups is 1. The van der Waals surface area contributed by atoms with Crippen LogP contribution in [0.4, 0.5) is 10.5 Å². The topological polar surface area (TPSA) is 84.1 Å². The van der Waals surface area contributed by atoms with Gasteiger partial charge in [0.2, 0.25) is 0 Å². The van der Waals surface area contributed by atoms with Crippen LogP contribution in [0.5, 0.6) is 5.75 Å². The third-order valence-corrected chi connectivity index (χ3v) is 4.59. The molecule has 4 N–H and O–H groups in total. The van der Waals surface area contributed by atoms with E-state index in [0.29, 0.717) is 12.2 Å². The number of benzene rings is 1. The van der Waals surface area contributed by atoms with Crippen molar-refractivity contribution in [1.29, 1.82) is 0 Å². The van der Waals surface area contributed by atoms with E-state index >= 15 is 0 Å². The number of carbonyl (C=O) groups excluding carboxylic acids is 1. The van der Waals surface area contributed by atoms with Crippen molar-refractivity contribution in [3.63, 3.8) is 0 Å². The number of phenolic OH excluding ortho intramolecular Hbond substituents is 1. The number of unbranched alkanes of at least 4 members (excludes halogenated alkanes) is 1. The average Bonchev–Trinajstić information content (AvgIpc) is 2.55. The number of aromatic hydroxyl groups is 1. The third kappa shape index (κ3) is 6.10. The van der Waals surface area contributed by atoms with Gasteiger partial charge in [0, 0.05) is 15.0 Å². The normalized spacial score (nSPS) is 14.8. The minimum Gasteiger partial charge on any atom is -0.506 e. The Hall–Kier alpha value is -1.75. The fourth-order valence-electron chi connectivity index (χ4n) is 3.20. The van der Waals surface area contributed by atoms with Crippen molar-refractivity contribution in [1.82, 2.24) is 5.32 Å². The lowest BCUT2D eigenvalue weighted by Crippen LogP contribution is -2.37. The minimum absolute atomic E-state index is 0. The molecule has 1 aromatic rings. The molecule has 0 aliphatic heterocycles. The van der Waals surface area contributed by atoms with Crippen LogP contribution in [0, 0.1) is 5.92 Å². The first kappa shape index (κ1) is 19.3. The van der Waals surface area contributed by atoms with Gasteiger partial charge >= 0.3 is 6.03 Å². The molecular weight excluding hydrogens is 292 g/mol. The Morgan fingerprint density at radius 2 is 1.96 bits per heavy atom. The second kappa shape index (κ2) is 10.1. The van der Waals surface area contributed by atoms with Crippen LogP contribution < -0.4 is 10.2 Å². The third-order valence-electron chi connectivity index (χ3n) is 4.59. The maximum atomic E-state index is 12.1. The number of nitrogens with one attached hydrogen (secondary N) is 1. The van der Waals surface area contributed by atoms with Gasteiger partial charge in [-0.2, -0.15) is 0 Å². The fraction of sp³-hybridized carbons (Fsp3) is 0.611. The molecule has 0 aromatic heterocycles. The highest BCUT2D eigenvalue weighted by Crippen LogP contribution is 2.27. The van der Waals surface area contributed by atoms with Crippen LogP contribution in [0.25, 0.3) is 0 Å². The van der Waals surface area contributed by atoms with Crippen LogP contribution in [0.3, 0.4) is 0 Å². The van der Waals surface area contributed by atoms with E-state index < -0.39 is 0 Å². The number of rotatable bonds is 6. The van der Waals surface area contributed by atoms with Crippen molar-refractivity contribution in [2.75, 3.05) is 18.5 Å². The standard InChI is InChI=1S/C18H28N2O2.H2O.H2/c1-20(16-12-5-6-13-17(16)21)18(22)19-14-8-7-11-15-9-3-2-4-10-15;;/h5-6,12-13,15,21H,2-4,7-11,14H2,1H3,(H,19,22);1H2;1H. The van der Waals surface area contributed by atoms with E-state index in [1.807, 2.05) is 6.07 Å². The van der Waals surface area contributed by atoms with Crippen LogP contribution >= 0.6 is 0 Å². The quantitative estimate of drug-likeness (QED) is 0.782. The van der Waals surface area contributed by atoms with E-state index in [1.54, 1.807) is 25.2 Å². The zero-order valence-electron chi connectivity index (χ0n) is 14.1. The first-order valence-electron chi connectivity index (χ1n) is 8.48. The molecule has 0 atom stereocenters. The average molecular weight is 324 g/mol. The molecule has 1 fully saturated rings. The second-order valence-corrected chi connectivity index (χ2v) is 6.28. The molecule has 1 aliphatic carbocycles. The maximum Gasteiger partial charge on any atom is 0.321 e. The van der Waals surface area contributed by atoms with Crippen molar-refractivity contribution in [3.8, 4) is 5.75 Å². The predicted molar refractivity (Wildman–Crippen MR) is 96.1 cm³/mol. The van der Waals surface area contributed by atoms with E-state index in [9.17, 15) is 9.90 Å². The Morgan fingerprint density at radius 3 is 2.65 bits per heavy atom. The molecule has 0 spiro atoms. The highest BCUT2D eigenvalue weighted by molar-refractivity contribution is 5.92. The summed E-state index contributed by atoms with van der Waals surface area (Å²) in [6, 6.07) is 6.71. The first-order valence-corrected chi connectivity index (χ1v) is 8.48. The lowest BCUT2D eigenvalue weighted by Gasteiger charge is -2.21. The summed E-state index contributed by atoms with van der Waals surface area (Å²) in [5.41, 5.74) is 0.530. The maximum absolute atomic E-state index is 12.1. The number of urea groups is 1. The van der Waals surface area contributed by atoms with Gasteiger partial charge in [-0.25, -0.2) is 4.79 Å². The van der Waals surface area contributed by atoms with Crippen molar-refractivity contribution >= 4 is 11.7 Å². The highest BCUT2D eigenvalue weighted by atomic mass is 16.3.